The van der Waals surface area contributed by atoms with E-state index in [2.05, 4.69) is 10.3 Å². The number of allylic oxidation sites excluding steroid dienone is 1. The van der Waals surface area contributed by atoms with Gasteiger partial charge in [-0.3, -0.25) is 4.79 Å². The highest BCUT2D eigenvalue weighted by Crippen LogP contribution is 2.45. The number of fused-ring (bicyclic) bond motifs is 1. The van der Waals surface area contributed by atoms with Gasteiger partial charge in [0.15, 0.2) is 5.17 Å². The molecule has 1 aliphatic carbocycles. The maximum Gasteiger partial charge on any atom is 0.338 e. The topological polar surface area (TPSA) is 71.0 Å². The number of esters is 1. The lowest BCUT2D eigenvalue weighted by molar-refractivity contribution is -0.136. The van der Waals surface area contributed by atoms with Crippen molar-refractivity contribution in [2.45, 2.75) is 32.2 Å². The van der Waals surface area contributed by atoms with Crippen LogP contribution in [0.25, 0.3) is 0 Å². The van der Waals surface area contributed by atoms with Gasteiger partial charge in [-0.25, -0.2) is 9.79 Å². The zero-order chi connectivity index (χ0) is 19.0. The maximum atomic E-state index is 12.5. The van der Waals surface area contributed by atoms with Crippen LogP contribution in [0.15, 0.2) is 44.2 Å². The molecule has 3 heterocycles. The van der Waals surface area contributed by atoms with Crippen LogP contribution in [-0.4, -0.2) is 35.6 Å². The van der Waals surface area contributed by atoms with E-state index in [1.165, 1.54) is 31.7 Å². The van der Waals surface area contributed by atoms with Crippen LogP contribution in [0.3, 0.4) is 0 Å². The minimum Gasteiger partial charge on any atom is -0.466 e. The van der Waals surface area contributed by atoms with Crippen LogP contribution in [0.5, 0.6) is 0 Å². The normalized spacial score (nSPS) is 21.6. The van der Waals surface area contributed by atoms with E-state index < -0.39 is 0 Å². The van der Waals surface area contributed by atoms with Crippen molar-refractivity contribution in [1.82, 2.24) is 10.2 Å². The summed E-state index contributed by atoms with van der Waals surface area (Å²) in [4.78, 5) is 31.5. The summed E-state index contributed by atoms with van der Waals surface area (Å²) in [6.07, 6.45) is 2.68. The average Bonchev–Trinajstić information content (AvgIpc) is 3.17. The monoisotopic (exact) mass is 403 g/mol. The lowest BCUT2D eigenvalue weighted by Gasteiger charge is -2.35. The molecule has 27 heavy (non-hydrogen) atoms. The zero-order valence-electron chi connectivity index (χ0n) is 15.2. The Morgan fingerprint density at radius 1 is 1.41 bits per heavy atom. The molecule has 3 aliphatic rings. The molecule has 1 fully saturated rings. The molecule has 0 saturated heterocycles. The number of aliphatic imine (C=N–C) groups is 1. The number of amides is 1. The molecule has 142 valence electrons. The number of thiophene rings is 1. The van der Waals surface area contributed by atoms with Crippen molar-refractivity contribution in [3.8, 4) is 0 Å². The highest BCUT2D eigenvalue weighted by atomic mass is 32.2. The Kier molecular flexibility index (Phi) is 5.10. The van der Waals surface area contributed by atoms with Gasteiger partial charge in [0.1, 0.15) is 0 Å². The summed E-state index contributed by atoms with van der Waals surface area (Å²) in [6, 6.07) is 1.68. The van der Waals surface area contributed by atoms with Crippen LogP contribution in [0.4, 0.5) is 0 Å². The Hall–Kier alpha value is -2.06. The number of carbonyl (C=O) groups is 2. The molecule has 0 spiro atoms. The Balaban J connectivity index is 1.62. The summed E-state index contributed by atoms with van der Waals surface area (Å²) in [7, 11) is 1.38. The van der Waals surface area contributed by atoms with Gasteiger partial charge in [0.05, 0.1) is 30.8 Å². The first-order chi connectivity index (χ1) is 13.1. The van der Waals surface area contributed by atoms with Crippen LogP contribution in [0, 0.1) is 5.92 Å². The number of hydrogen-bond donors (Lipinski definition) is 1. The van der Waals surface area contributed by atoms with Crippen LogP contribution < -0.4 is 5.32 Å². The van der Waals surface area contributed by atoms with Crippen molar-refractivity contribution in [3.05, 3.63) is 44.8 Å². The Labute approximate surface area is 166 Å². The number of rotatable bonds is 6. The van der Waals surface area contributed by atoms with Crippen molar-refractivity contribution in [1.29, 1.82) is 0 Å². The van der Waals surface area contributed by atoms with Crippen molar-refractivity contribution in [2.24, 2.45) is 10.9 Å². The number of hydrogen-bond acceptors (Lipinski definition) is 7. The summed E-state index contributed by atoms with van der Waals surface area (Å²) in [5.41, 5.74) is 3.03. The number of carbonyl (C=O) groups excluding carboxylic acids is 2. The highest BCUT2D eigenvalue weighted by Gasteiger charge is 2.41. The van der Waals surface area contributed by atoms with Gasteiger partial charge in [0.2, 0.25) is 5.91 Å². The molecular formula is C19H21N3O3S2. The molecule has 0 aromatic carbocycles. The van der Waals surface area contributed by atoms with Gasteiger partial charge in [0, 0.05) is 12.2 Å². The first kappa shape index (κ1) is 18.3. The first-order valence-corrected chi connectivity index (χ1v) is 10.7. The summed E-state index contributed by atoms with van der Waals surface area (Å²) in [5.74, 6) is 0.258. The standard InChI is InChI=1S/C19H21N3O3S2/c1-11-16(18(24)25-2)17(13-5-6-26-9-13)22-14(10-27-19(22)21-11)7-15(23)20-8-12-3-4-12/h5-6,9-10,12,17H,3-4,7-8H2,1-2H3,(H,20,23)/t17-/m0/s1. The molecule has 1 aromatic rings. The summed E-state index contributed by atoms with van der Waals surface area (Å²) >= 11 is 3.07. The van der Waals surface area contributed by atoms with Gasteiger partial charge in [-0.05, 0) is 53.5 Å². The summed E-state index contributed by atoms with van der Waals surface area (Å²) in [6.45, 7) is 2.58. The van der Waals surface area contributed by atoms with Crippen LogP contribution >= 0.6 is 23.1 Å². The minimum atomic E-state index is -0.388. The summed E-state index contributed by atoms with van der Waals surface area (Å²) < 4.78 is 5.03. The maximum absolute atomic E-state index is 12.5. The Bertz CT molecular complexity index is 854. The minimum absolute atomic E-state index is 0.00459. The van der Waals surface area contributed by atoms with Gasteiger partial charge in [-0.1, -0.05) is 11.8 Å². The molecule has 1 saturated carbocycles. The number of nitrogens with zero attached hydrogens (tertiary/aromatic N) is 2. The molecule has 0 radical (unpaired) electrons. The van der Waals surface area contributed by atoms with E-state index in [0.29, 0.717) is 17.2 Å². The van der Waals surface area contributed by atoms with E-state index in [1.54, 1.807) is 11.3 Å². The van der Waals surface area contributed by atoms with Crippen LogP contribution in [-0.2, 0) is 14.3 Å². The van der Waals surface area contributed by atoms with E-state index in [1.807, 2.05) is 34.1 Å². The fraction of sp³-hybridized carbons (Fsp3) is 0.421. The SMILES string of the molecule is COC(=O)C1=C(C)N=C2SC=C(CC(=O)NCC3CC3)N2[C@H]1c1ccsc1. The number of thioether (sulfide) groups is 1. The van der Waals surface area contributed by atoms with Gasteiger partial charge in [0.25, 0.3) is 0 Å². The Morgan fingerprint density at radius 2 is 2.22 bits per heavy atom. The predicted molar refractivity (Wildman–Crippen MR) is 107 cm³/mol. The average molecular weight is 404 g/mol. The van der Waals surface area contributed by atoms with Crippen molar-refractivity contribution in [2.75, 3.05) is 13.7 Å². The molecule has 0 bridgehead atoms. The van der Waals surface area contributed by atoms with Crippen LogP contribution in [0.2, 0.25) is 0 Å². The van der Waals surface area contributed by atoms with Gasteiger partial charge < -0.3 is 15.0 Å². The van der Waals surface area contributed by atoms with Gasteiger partial charge >= 0.3 is 5.97 Å². The number of methoxy groups -OCH3 is 1. The lowest BCUT2D eigenvalue weighted by Crippen LogP contribution is -2.37. The second-order valence-corrected chi connectivity index (χ2v) is 8.48. The quantitative estimate of drug-likeness (QED) is 0.737. The van der Waals surface area contributed by atoms with Gasteiger partial charge in [-0.2, -0.15) is 11.3 Å². The van der Waals surface area contributed by atoms with E-state index in [4.69, 9.17) is 4.74 Å². The molecule has 6 nitrogen and oxygen atoms in total. The molecule has 8 heteroatoms. The van der Waals surface area contributed by atoms with E-state index in [0.717, 1.165) is 23.0 Å². The van der Waals surface area contributed by atoms with E-state index in [9.17, 15) is 9.59 Å². The molecule has 4 rings (SSSR count). The first-order valence-electron chi connectivity index (χ1n) is 8.90. The largest absolute Gasteiger partial charge is 0.466 e. The lowest BCUT2D eigenvalue weighted by atomic mass is 9.96. The smallest absolute Gasteiger partial charge is 0.338 e. The molecular weight excluding hydrogens is 382 g/mol. The molecule has 1 atom stereocenters. The highest BCUT2D eigenvalue weighted by molar-refractivity contribution is 8.16. The molecule has 1 aromatic heterocycles. The van der Waals surface area contributed by atoms with Gasteiger partial charge in [-0.15, -0.1) is 0 Å². The molecule has 0 unspecified atom stereocenters. The second kappa shape index (κ2) is 7.52. The van der Waals surface area contributed by atoms with E-state index >= 15 is 0 Å². The molecule has 1 amide bonds. The number of ether oxygens (including phenoxy) is 1. The third-order valence-electron chi connectivity index (χ3n) is 4.89. The molecule has 1 N–H and O–H groups in total. The summed E-state index contributed by atoms with van der Waals surface area (Å²) in [5, 5.41) is 9.78. The third-order valence-corrected chi connectivity index (χ3v) is 6.48. The Morgan fingerprint density at radius 3 is 2.89 bits per heavy atom. The fourth-order valence-corrected chi connectivity index (χ4v) is 4.94. The van der Waals surface area contributed by atoms with Crippen molar-refractivity contribution < 1.29 is 14.3 Å². The van der Waals surface area contributed by atoms with Crippen LogP contribution in [0.1, 0.15) is 37.8 Å². The van der Waals surface area contributed by atoms with Crippen molar-refractivity contribution >= 4 is 40.1 Å². The zero-order valence-corrected chi connectivity index (χ0v) is 16.9. The fourth-order valence-electron chi connectivity index (χ4n) is 3.29. The number of nitrogens with one attached hydrogen (secondary N) is 1. The van der Waals surface area contributed by atoms with Crippen molar-refractivity contribution in [3.63, 3.8) is 0 Å². The van der Waals surface area contributed by atoms with E-state index in [-0.39, 0.29) is 24.3 Å². The number of amidine groups is 1. The second-order valence-electron chi connectivity index (χ2n) is 6.87. The third kappa shape index (κ3) is 3.68. The predicted octanol–water partition coefficient (Wildman–Crippen LogP) is 3.41. The molecule has 2 aliphatic heterocycles.